The van der Waals surface area contributed by atoms with Crippen LogP contribution in [0.4, 0.5) is 0 Å². The van der Waals surface area contributed by atoms with Gasteiger partial charge in [-0.2, -0.15) is 0 Å². The second-order valence-corrected chi connectivity index (χ2v) is 33.9. The molecule has 4 heterocycles. The lowest BCUT2D eigenvalue weighted by Crippen LogP contribution is -1.94. The van der Waals surface area contributed by atoms with Crippen LogP contribution in [0.1, 0.15) is 0 Å². The van der Waals surface area contributed by atoms with Crippen molar-refractivity contribution in [3.8, 4) is 123 Å². The predicted molar refractivity (Wildman–Crippen MR) is 547 cm³/mol. The van der Waals surface area contributed by atoms with Gasteiger partial charge in [0.2, 0.25) is 0 Å². The van der Waals surface area contributed by atoms with Gasteiger partial charge < -0.3 is 9.13 Å². The molecule has 130 heavy (non-hydrogen) atoms. The number of nitrogens with zero attached hydrogens (tertiary/aromatic N) is 6. The van der Waals surface area contributed by atoms with Gasteiger partial charge in [-0.3, -0.25) is 9.97 Å². The SMILES string of the molecule is c1ccc(-c2ccc(-c3ccc4c5ccc(-c6ccc(-c7ccccc7)cc6)cc5c5nc(-c6cccc(-c7ccc8c(c7)c7ccccc7n8-c7ccccc7)c6)cnc5c4c3)cc2)cc1.c1ccc(-n2c3ccccc3c3cc(-c4cccc(-c5cnc6c7cc(-c8cccc9ccccc89)ccc7c7ccc(-c8cccc9ccccc89)cc7c6n5)c4)ccc32)cc1. The van der Waals surface area contributed by atoms with Gasteiger partial charge in [0.25, 0.3) is 0 Å². The Labute approximate surface area is 750 Å². The zero-order valence-corrected chi connectivity index (χ0v) is 70.7. The average Bonchev–Trinajstić information content (AvgIpc) is 1.17. The molecule has 4 aromatic heterocycles. The van der Waals surface area contributed by atoms with Gasteiger partial charge in [0.15, 0.2) is 0 Å². The third kappa shape index (κ3) is 13.1. The van der Waals surface area contributed by atoms with Crippen molar-refractivity contribution in [3.63, 3.8) is 0 Å². The molecule has 0 fully saturated rings. The molecule has 6 nitrogen and oxygen atoms in total. The summed E-state index contributed by atoms with van der Waals surface area (Å²) in [6.45, 7) is 0. The fraction of sp³-hybridized carbons (Fsp3) is 0. The Morgan fingerprint density at radius 1 is 0.146 bits per heavy atom. The van der Waals surface area contributed by atoms with E-state index < -0.39 is 0 Å². The van der Waals surface area contributed by atoms with E-state index in [-0.39, 0.29) is 0 Å². The Hall–Kier alpha value is -17.3. The van der Waals surface area contributed by atoms with Crippen LogP contribution < -0.4 is 0 Å². The molecule has 0 spiro atoms. The molecular formula is C124H78N6. The van der Waals surface area contributed by atoms with Crippen molar-refractivity contribution in [3.05, 3.63) is 473 Å². The lowest BCUT2D eigenvalue weighted by atomic mass is 9.91. The van der Waals surface area contributed by atoms with Crippen LogP contribution >= 0.6 is 0 Å². The lowest BCUT2D eigenvalue weighted by molar-refractivity contribution is 1.18. The molecule has 0 radical (unpaired) electrons. The van der Waals surface area contributed by atoms with E-state index in [0.717, 1.165) is 149 Å². The van der Waals surface area contributed by atoms with Crippen molar-refractivity contribution in [1.82, 2.24) is 29.1 Å². The molecule has 0 amide bonds. The molecule has 0 aliphatic rings. The Kier molecular flexibility index (Phi) is 18.2. The van der Waals surface area contributed by atoms with Crippen LogP contribution in [0.15, 0.2) is 473 Å². The topological polar surface area (TPSA) is 61.4 Å². The smallest absolute Gasteiger partial charge is 0.0979 e. The molecular weight excluding hydrogens is 1570 g/mol. The van der Waals surface area contributed by atoms with E-state index in [4.69, 9.17) is 19.9 Å². The fourth-order valence-corrected chi connectivity index (χ4v) is 20.1. The molecule has 22 aromatic carbocycles. The van der Waals surface area contributed by atoms with Gasteiger partial charge >= 0.3 is 0 Å². The number of fused-ring (bicyclic) bond motifs is 20. The highest BCUT2D eigenvalue weighted by Gasteiger charge is 2.22. The first kappa shape index (κ1) is 75.2. The standard InChI is InChI=1S/C64H41N3.C60H37N3/c1-4-13-42(14-5-1)44-23-27-46(28-24-44)49-31-34-54-55-35-32-50(47-29-25-45(26-30-47)43-15-6-2-7-16-43)40-59(55)64-63(58(54)39-49)65-41-60(66-64)52-18-12-17-48(37-52)51-33-36-62-57(38-51)56-21-10-11-22-61(56)67(62)53-19-8-3-9-20-53;1-2-19-45(20-3-1)63-57-26-9-8-23-52(57)53-34-41(29-32-58(53)63)40-17-10-18-44(33-40)56-37-61-59-54-35-42(48-24-11-15-38-13-4-6-21-46(38)48)27-30-50(54)51-31-28-43(36-55(51)60(59)62-56)49-25-12-16-39-14-5-7-22-47(39)49/h1-41H;1-37H. The average molecular weight is 1650 g/mol. The van der Waals surface area contributed by atoms with Crippen LogP contribution in [0.25, 0.3) is 253 Å². The monoisotopic (exact) mass is 1650 g/mol. The first-order valence-corrected chi connectivity index (χ1v) is 44.4. The number of hydrogen-bond donors (Lipinski definition) is 0. The summed E-state index contributed by atoms with van der Waals surface area (Å²) in [5.41, 5.74) is 33.1. The minimum Gasteiger partial charge on any atom is -0.309 e. The molecule has 0 aliphatic carbocycles. The van der Waals surface area contributed by atoms with E-state index >= 15 is 0 Å². The van der Waals surface area contributed by atoms with Crippen molar-refractivity contribution >= 4 is 130 Å². The molecule has 0 N–H and O–H groups in total. The summed E-state index contributed by atoms with van der Waals surface area (Å²) in [4.78, 5) is 21.8. The van der Waals surface area contributed by atoms with Gasteiger partial charge in [0.1, 0.15) is 0 Å². The summed E-state index contributed by atoms with van der Waals surface area (Å²) >= 11 is 0. The number of hydrogen-bond acceptors (Lipinski definition) is 4. The maximum absolute atomic E-state index is 5.57. The first-order valence-electron chi connectivity index (χ1n) is 44.4. The fourth-order valence-electron chi connectivity index (χ4n) is 20.1. The summed E-state index contributed by atoms with van der Waals surface area (Å²) in [7, 11) is 0. The van der Waals surface area contributed by atoms with Crippen molar-refractivity contribution < 1.29 is 0 Å². The van der Waals surface area contributed by atoms with Crippen LogP contribution in [0, 0.1) is 0 Å². The van der Waals surface area contributed by atoms with Crippen molar-refractivity contribution in [1.29, 1.82) is 0 Å². The summed E-state index contributed by atoms with van der Waals surface area (Å²) in [5, 5.41) is 18.8. The molecule has 0 saturated heterocycles. The largest absolute Gasteiger partial charge is 0.309 e. The van der Waals surface area contributed by atoms with Crippen LogP contribution in [-0.2, 0) is 0 Å². The molecule has 0 aliphatic heterocycles. The Morgan fingerprint density at radius 3 is 0.823 bits per heavy atom. The Bertz CT molecular complexity index is 9000. The number of rotatable bonds is 12. The lowest BCUT2D eigenvalue weighted by Gasteiger charge is -2.15. The molecule has 0 bridgehead atoms. The summed E-state index contributed by atoms with van der Waals surface area (Å²) in [6.07, 6.45) is 3.92. The van der Waals surface area contributed by atoms with Gasteiger partial charge in [-0.05, 0) is 229 Å². The number of aromatic nitrogens is 6. The second kappa shape index (κ2) is 31.4. The normalized spacial score (nSPS) is 11.7. The van der Waals surface area contributed by atoms with Gasteiger partial charge in [0.05, 0.1) is 67.9 Å². The highest BCUT2D eigenvalue weighted by molar-refractivity contribution is 6.26. The zero-order chi connectivity index (χ0) is 85.7. The molecule has 0 saturated carbocycles. The van der Waals surface area contributed by atoms with Gasteiger partial charge in [-0.25, -0.2) is 9.97 Å². The maximum Gasteiger partial charge on any atom is 0.0979 e. The van der Waals surface area contributed by atoms with Crippen molar-refractivity contribution in [2.45, 2.75) is 0 Å². The van der Waals surface area contributed by atoms with Crippen LogP contribution in [0.3, 0.4) is 0 Å². The molecule has 6 heteroatoms. The third-order valence-electron chi connectivity index (χ3n) is 26.4. The Morgan fingerprint density at radius 2 is 0.408 bits per heavy atom. The van der Waals surface area contributed by atoms with E-state index in [1.54, 1.807) is 0 Å². The molecule has 0 unspecified atom stereocenters. The van der Waals surface area contributed by atoms with E-state index in [9.17, 15) is 0 Å². The first-order chi connectivity index (χ1) is 64.4. The highest BCUT2D eigenvalue weighted by Crippen LogP contribution is 2.46. The summed E-state index contributed by atoms with van der Waals surface area (Å²) in [5.74, 6) is 0. The molecule has 26 rings (SSSR count). The van der Waals surface area contributed by atoms with E-state index in [0.29, 0.717) is 0 Å². The van der Waals surface area contributed by atoms with E-state index in [1.165, 1.54) is 104 Å². The zero-order valence-electron chi connectivity index (χ0n) is 70.7. The molecule has 604 valence electrons. The highest BCUT2D eigenvalue weighted by atomic mass is 15.0. The summed E-state index contributed by atoms with van der Waals surface area (Å²) < 4.78 is 4.72. The predicted octanol–water partition coefficient (Wildman–Crippen LogP) is 33.0. The van der Waals surface area contributed by atoms with Crippen LogP contribution in [-0.4, -0.2) is 29.1 Å². The van der Waals surface area contributed by atoms with Gasteiger partial charge in [-0.1, -0.05) is 364 Å². The van der Waals surface area contributed by atoms with Crippen molar-refractivity contribution in [2.24, 2.45) is 0 Å². The number of benzene rings is 22. The molecule has 0 atom stereocenters. The Balaban J connectivity index is 0.000000141. The van der Waals surface area contributed by atoms with Crippen LogP contribution in [0.2, 0.25) is 0 Å². The summed E-state index contributed by atoms with van der Waals surface area (Å²) in [6, 6.07) is 166. The minimum absolute atomic E-state index is 0.835. The molecule has 26 aromatic rings. The minimum atomic E-state index is 0.835. The van der Waals surface area contributed by atoms with Gasteiger partial charge in [-0.15, -0.1) is 0 Å². The number of para-hydroxylation sites is 4. The second-order valence-electron chi connectivity index (χ2n) is 33.9. The maximum atomic E-state index is 5.57. The van der Waals surface area contributed by atoms with Crippen LogP contribution in [0.5, 0.6) is 0 Å². The third-order valence-corrected chi connectivity index (χ3v) is 26.4. The van der Waals surface area contributed by atoms with Crippen molar-refractivity contribution in [2.75, 3.05) is 0 Å². The quantitative estimate of drug-likeness (QED) is 0.114. The van der Waals surface area contributed by atoms with E-state index in [1.807, 2.05) is 12.4 Å². The van der Waals surface area contributed by atoms with E-state index in [2.05, 4.69) is 470 Å². The van der Waals surface area contributed by atoms with Gasteiger partial charge in [0, 0.05) is 65.6 Å².